The fourth-order valence-corrected chi connectivity index (χ4v) is 4.39. The molecule has 1 N–H and O–H groups in total. The summed E-state index contributed by atoms with van der Waals surface area (Å²) in [5, 5.41) is 3.05. The minimum Gasteiger partial charge on any atom is -0.335 e. The lowest BCUT2D eigenvalue weighted by Gasteiger charge is -2.33. The van der Waals surface area contributed by atoms with Crippen LogP contribution in [-0.2, 0) is 16.6 Å². The van der Waals surface area contributed by atoms with Crippen molar-refractivity contribution in [2.75, 3.05) is 18.8 Å². The summed E-state index contributed by atoms with van der Waals surface area (Å²) >= 11 is 0. The number of halogens is 1. The van der Waals surface area contributed by atoms with Crippen LogP contribution in [0.4, 0.5) is 9.18 Å². The molecular formula is C18H26FN3O3S. The number of carbonyl (C=O) groups excluding carboxylic acids is 1. The van der Waals surface area contributed by atoms with Crippen molar-refractivity contribution in [3.63, 3.8) is 0 Å². The predicted molar refractivity (Wildman–Crippen MR) is 97.6 cm³/mol. The highest BCUT2D eigenvalue weighted by atomic mass is 32.2. The molecule has 3 rings (SSSR count). The second kappa shape index (κ2) is 7.92. The van der Waals surface area contributed by atoms with Gasteiger partial charge < -0.3 is 10.2 Å². The lowest BCUT2D eigenvalue weighted by molar-refractivity contribution is 0.181. The largest absolute Gasteiger partial charge is 0.335 e. The van der Waals surface area contributed by atoms with E-state index in [9.17, 15) is 17.6 Å². The van der Waals surface area contributed by atoms with E-state index in [2.05, 4.69) is 5.32 Å². The molecule has 8 heteroatoms. The molecule has 0 atom stereocenters. The van der Waals surface area contributed by atoms with E-state index in [0.29, 0.717) is 32.5 Å². The van der Waals surface area contributed by atoms with E-state index in [-0.39, 0.29) is 29.7 Å². The van der Waals surface area contributed by atoms with Crippen molar-refractivity contribution in [1.82, 2.24) is 14.5 Å². The average Bonchev–Trinajstić information content (AvgIpc) is 3.46. The molecule has 1 saturated carbocycles. The number of sulfonamides is 1. The number of hydrogen-bond acceptors (Lipinski definition) is 3. The lowest BCUT2D eigenvalue weighted by atomic mass is 10.1. The van der Waals surface area contributed by atoms with Crippen LogP contribution in [0.2, 0.25) is 0 Å². The summed E-state index contributed by atoms with van der Waals surface area (Å²) in [6.45, 7) is 3.00. The van der Waals surface area contributed by atoms with Gasteiger partial charge in [0.15, 0.2) is 0 Å². The number of amides is 2. The minimum absolute atomic E-state index is 0.0136. The number of benzene rings is 1. The van der Waals surface area contributed by atoms with Gasteiger partial charge in [-0.15, -0.1) is 0 Å². The van der Waals surface area contributed by atoms with Gasteiger partial charge in [-0.1, -0.05) is 12.1 Å². The Morgan fingerprint density at radius 1 is 1.19 bits per heavy atom. The van der Waals surface area contributed by atoms with Gasteiger partial charge in [0, 0.05) is 31.7 Å². The summed E-state index contributed by atoms with van der Waals surface area (Å²) in [6, 6.07) is 6.32. The van der Waals surface area contributed by atoms with E-state index >= 15 is 0 Å². The highest BCUT2D eigenvalue weighted by Gasteiger charge is 2.34. The van der Waals surface area contributed by atoms with Crippen molar-refractivity contribution in [3.05, 3.63) is 35.6 Å². The molecular weight excluding hydrogens is 357 g/mol. The number of nitrogens with zero attached hydrogens (tertiary/aromatic N) is 2. The summed E-state index contributed by atoms with van der Waals surface area (Å²) in [7, 11) is -3.16. The van der Waals surface area contributed by atoms with E-state index in [1.165, 1.54) is 16.4 Å². The molecule has 144 valence electrons. The lowest BCUT2D eigenvalue weighted by Crippen LogP contribution is -2.50. The Hall–Kier alpha value is -1.67. The first-order chi connectivity index (χ1) is 12.4. The third-order valence-electron chi connectivity index (χ3n) is 5.05. The molecule has 1 aromatic carbocycles. The summed E-state index contributed by atoms with van der Waals surface area (Å²) in [6.07, 6.45) is 3.23. The van der Waals surface area contributed by atoms with E-state index < -0.39 is 10.0 Å². The molecule has 1 aliphatic carbocycles. The molecule has 0 spiro atoms. The molecule has 1 aliphatic heterocycles. The van der Waals surface area contributed by atoms with Crippen LogP contribution < -0.4 is 5.32 Å². The molecule has 26 heavy (non-hydrogen) atoms. The topological polar surface area (TPSA) is 69.7 Å². The number of nitrogens with one attached hydrogen (secondary N) is 1. The number of hydrogen-bond donors (Lipinski definition) is 1. The molecule has 1 heterocycles. The number of carbonyl (C=O) groups is 1. The number of piperidine rings is 1. The number of urea groups is 1. The van der Waals surface area contributed by atoms with Crippen LogP contribution in [0.25, 0.3) is 0 Å². The van der Waals surface area contributed by atoms with Gasteiger partial charge in [-0.05, 0) is 50.3 Å². The first kappa shape index (κ1) is 19.1. The van der Waals surface area contributed by atoms with Crippen molar-refractivity contribution < 1.29 is 17.6 Å². The highest BCUT2D eigenvalue weighted by molar-refractivity contribution is 7.89. The van der Waals surface area contributed by atoms with Crippen LogP contribution in [0.15, 0.2) is 24.3 Å². The second-order valence-electron chi connectivity index (χ2n) is 7.01. The van der Waals surface area contributed by atoms with Crippen LogP contribution >= 0.6 is 0 Å². The Labute approximate surface area is 154 Å². The summed E-state index contributed by atoms with van der Waals surface area (Å²) in [5.74, 6) is -0.179. The Morgan fingerprint density at radius 2 is 1.81 bits per heavy atom. The third-order valence-corrected chi connectivity index (χ3v) is 6.94. The maximum absolute atomic E-state index is 13.1. The summed E-state index contributed by atoms with van der Waals surface area (Å²) in [5.41, 5.74) is 0.900. The normalized spacial score (nSPS) is 19.3. The monoisotopic (exact) mass is 383 g/mol. The van der Waals surface area contributed by atoms with Crippen molar-refractivity contribution in [2.24, 2.45) is 0 Å². The molecule has 1 saturated heterocycles. The average molecular weight is 383 g/mol. The predicted octanol–water partition coefficient (Wildman–Crippen LogP) is 2.31. The smallest absolute Gasteiger partial charge is 0.318 e. The van der Waals surface area contributed by atoms with E-state index in [1.807, 2.05) is 4.90 Å². The Kier molecular flexibility index (Phi) is 5.82. The van der Waals surface area contributed by atoms with Crippen LogP contribution in [0.3, 0.4) is 0 Å². The van der Waals surface area contributed by atoms with Gasteiger partial charge in [0.1, 0.15) is 5.82 Å². The van der Waals surface area contributed by atoms with Crippen molar-refractivity contribution in [3.8, 4) is 0 Å². The molecule has 6 nitrogen and oxygen atoms in total. The van der Waals surface area contributed by atoms with Gasteiger partial charge in [0.25, 0.3) is 0 Å². The Bertz CT molecular complexity index is 727. The Balaban J connectivity index is 1.55. The molecule has 0 unspecified atom stereocenters. The zero-order chi connectivity index (χ0) is 18.7. The zero-order valence-electron chi connectivity index (χ0n) is 15.0. The molecule has 0 aromatic heterocycles. The molecule has 0 bridgehead atoms. The van der Waals surface area contributed by atoms with Crippen molar-refractivity contribution in [2.45, 2.75) is 51.2 Å². The van der Waals surface area contributed by atoms with Gasteiger partial charge >= 0.3 is 6.03 Å². The van der Waals surface area contributed by atoms with Crippen LogP contribution in [-0.4, -0.2) is 54.6 Å². The standard InChI is InChI=1S/C18H26FN3O3S/c1-2-26(24,25)21-11-9-16(10-12-21)20-18(23)22(17-7-8-17)13-14-3-5-15(19)6-4-14/h3-6,16-17H,2,7-13H2,1H3,(H,20,23). The summed E-state index contributed by atoms with van der Waals surface area (Å²) < 4.78 is 38.4. The van der Waals surface area contributed by atoms with Crippen molar-refractivity contribution >= 4 is 16.1 Å². The maximum atomic E-state index is 13.1. The highest BCUT2D eigenvalue weighted by Crippen LogP contribution is 2.29. The minimum atomic E-state index is -3.16. The SMILES string of the molecule is CCS(=O)(=O)N1CCC(NC(=O)N(Cc2ccc(F)cc2)C2CC2)CC1. The quantitative estimate of drug-likeness (QED) is 0.820. The molecule has 0 radical (unpaired) electrons. The zero-order valence-corrected chi connectivity index (χ0v) is 15.8. The first-order valence-electron chi connectivity index (χ1n) is 9.18. The van der Waals surface area contributed by atoms with E-state index in [0.717, 1.165) is 18.4 Å². The van der Waals surface area contributed by atoms with Crippen LogP contribution in [0.1, 0.15) is 38.2 Å². The Morgan fingerprint density at radius 3 is 2.35 bits per heavy atom. The van der Waals surface area contributed by atoms with E-state index in [1.54, 1.807) is 19.1 Å². The molecule has 2 amide bonds. The van der Waals surface area contributed by atoms with E-state index in [4.69, 9.17) is 0 Å². The number of rotatable bonds is 6. The maximum Gasteiger partial charge on any atom is 0.318 e. The second-order valence-corrected chi connectivity index (χ2v) is 9.27. The fourth-order valence-electron chi connectivity index (χ4n) is 3.26. The van der Waals surface area contributed by atoms with Gasteiger partial charge in [-0.3, -0.25) is 0 Å². The third kappa shape index (κ3) is 4.73. The first-order valence-corrected chi connectivity index (χ1v) is 10.8. The van der Waals surface area contributed by atoms with Crippen molar-refractivity contribution in [1.29, 1.82) is 0 Å². The van der Waals surface area contributed by atoms with Gasteiger partial charge in [0.2, 0.25) is 10.0 Å². The van der Waals surface area contributed by atoms with Gasteiger partial charge in [-0.2, -0.15) is 0 Å². The molecule has 2 fully saturated rings. The fraction of sp³-hybridized carbons (Fsp3) is 0.611. The van der Waals surface area contributed by atoms with Crippen LogP contribution in [0, 0.1) is 5.82 Å². The van der Waals surface area contributed by atoms with Crippen LogP contribution in [0.5, 0.6) is 0 Å². The van der Waals surface area contributed by atoms with Gasteiger partial charge in [-0.25, -0.2) is 21.9 Å². The summed E-state index contributed by atoms with van der Waals surface area (Å²) in [4.78, 5) is 14.5. The molecule has 1 aromatic rings. The molecule has 2 aliphatic rings. The van der Waals surface area contributed by atoms with Gasteiger partial charge in [0.05, 0.1) is 5.75 Å².